The highest BCUT2D eigenvalue weighted by atomic mass is 32.2. The van der Waals surface area contributed by atoms with Gasteiger partial charge in [0.1, 0.15) is 11.3 Å². The Balaban J connectivity index is 1.89. The number of para-hydroxylation sites is 1. The van der Waals surface area contributed by atoms with E-state index >= 15 is 0 Å². The van der Waals surface area contributed by atoms with Gasteiger partial charge < -0.3 is 4.90 Å². The molecule has 1 aromatic heterocycles. The Labute approximate surface area is 204 Å². The number of fused-ring (bicyclic) bond motifs is 1. The number of carbonyl (C=O) groups excluding carboxylic acids is 1. The standard InChI is InChI=1S/C24H31FN4O3S2/c1-5-6-16-28(4)34(31,32)19-13-11-18(12-14-19)23(30)29(17-8-15-27(2)3)24-26-22-20(25)9-7-10-21(22)33-24/h7,9-14H,5-6,8,15-17H2,1-4H3. The molecule has 1 heterocycles. The van der Waals surface area contributed by atoms with Crippen molar-refractivity contribution in [1.82, 2.24) is 14.2 Å². The van der Waals surface area contributed by atoms with Gasteiger partial charge in [-0.1, -0.05) is 30.7 Å². The van der Waals surface area contributed by atoms with Crippen LogP contribution in [-0.4, -0.2) is 69.3 Å². The van der Waals surface area contributed by atoms with E-state index in [0.29, 0.717) is 34.9 Å². The minimum absolute atomic E-state index is 0.142. The van der Waals surface area contributed by atoms with Crippen LogP contribution in [0, 0.1) is 5.82 Å². The molecule has 0 aliphatic rings. The van der Waals surface area contributed by atoms with Crippen LogP contribution in [0.25, 0.3) is 10.2 Å². The third-order valence-electron chi connectivity index (χ3n) is 5.46. The highest BCUT2D eigenvalue weighted by molar-refractivity contribution is 7.89. The van der Waals surface area contributed by atoms with Gasteiger partial charge in [-0.25, -0.2) is 22.1 Å². The van der Waals surface area contributed by atoms with Crippen molar-refractivity contribution in [2.45, 2.75) is 31.1 Å². The zero-order chi connectivity index (χ0) is 24.9. The average Bonchev–Trinajstić information content (AvgIpc) is 3.25. The third-order valence-corrected chi connectivity index (χ3v) is 8.37. The maximum atomic E-state index is 14.2. The summed E-state index contributed by atoms with van der Waals surface area (Å²) in [6.45, 7) is 3.61. The zero-order valence-corrected chi connectivity index (χ0v) is 21.6. The lowest BCUT2D eigenvalue weighted by Crippen LogP contribution is -2.33. The molecule has 0 atom stereocenters. The number of halogens is 1. The fourth-order valence-corrected chi connectivity index (χ4v) is 5.67. The van der Waals surface area contributed by atoms with E-state index in [1.165, 1.54) is 46.0 Å². The van der Waals surface area contributed by atoms with E-state index in [1.807, 2.05) is 25.9 Å². The van der Waals surface area contributed by atoms with Crippen LogP contribution in [0.1, 0.15) is 36.5 Å². The lowest BCUT2D eigenvalue weighted by Gasteiger charge is -2.21. The number of nitrogens with zero attached hydrogens (tertiary/aromatic N) is 4. The summed E-state index contributed by atoms with van der Waals surface area (Å²) < 4.78 is 41.8. The SMILES string of the molecule is CCCCN(C)S(=O)(=O)c1ccc(C(=O)N(CCCN(C)C)c2nc3c(F)cccc3s2)cc1. The first-order valence-corrected chi connectivity index (χ1v) is 13.5. The number of thiazole rings is 1. The topological polar surface area (TPSA) is 73.8 Å². The predicted octanol–water partition coefficient (Wildman–Crippen LogP) is 4.45. The number of anilines is 1. The molecule has 0 aliphatic carbocycles. The van der Waals surface area contributed by atoms with Gasteiger partial charge in [-0.05, 0) is 69.9 Å². The molecule has 3 aromatic rings. The van der Waals surface area contributed by atoms with Crippen molar-refractivity contribution in [3.63, 3.8) is 0 Å². The van der Waals surface area contributed by atoms with Crippen molar-refractivity contribution in [1.29, 1.82) is 0 Å². The molecule has 10 heteroatoms. The van der Waals surface area contributed by atoms with E-state index in [1.54, 1.807) is 24.1 Å². The number of benzene rings is 2. The fraction of sp³-hybridized carbons (Fsp3) is 0.417. The number of unbranched alkanes of at least 4 members (excludes halogenated alkanes) is 1. The molecule has 0 N–H and O–H groups in total. The molecule has 0 spiro atoms. The summed E-state index contributed by atoms with van der Waals surface area (Å²) in [7, 11) is 1.85. The number of amides is 1. The highest BCUT2D eigenvalue weighted by Crippen LogP contribution is 2.31. The van der Waals surface area contributed by atoms with E-state index in [-0.39, 0.29) is 16.3 Å². The Morgan fingerprint density at radius 1 is 1.00 bits per heavy atom. The Hall–Kier alpha value is -2.40. The zero-order valence-electron chi connectivity index (χ0n) is 20.0. The van der Waals surface area contributed by atoms with Crippen molar-refractivity contribution in [3.8, 4) is 0 Å². The van der Waals surface area contributed by atoms with Gasteiger partial charge in [-0.15, -0.1) is 0 Å². The lowest BCUT2D eigenvalue weighted by molar-refractivity contribution is 0.0986. The molecule has 184 valence electrons. The Kier molecular flexibility index (Phi) is 8.75. The summed E-state index contributed by atoms with van der Waals surface area (Å²) in [6, 6.07) is 10.7. The van der Waals surface area contributed by atoms with E-state index in [0.717, 1.165) is 19.4 Å². The summed E-state index contributed by atoms with van der Waals surface area (Å²) in [4.78, 5) is 21.6. The van der Waals surface area contributed by atoms with Crippen LogP contribution in [-0.2, 0) is 10.0 Å². The van der Waals surface area contributed by atoms with Crippen LogP contribution in [0.15, 0.2) is 47.4 Å². The quantitative estimate of drug-likeness (QED) is 0.384. The molecule has 0 fully saturated rings. The van der Waals surface area contributed by atoms with Gasteiger partial charge in [-0.2, -0.15) is 0 Å². The minimum atomic E-state index is -3.62. The van der Waals surface area contributed by atoms with Gasteiger partial charge >= 0.3 is 0 Å². The third kappa shape index (κ3) is 5.99. The van der Waals surface area contributed by atoms with Crippen LogP contribution in [0.4, 0.5) is 9.52 Å². The average molecular weight is 507 g/mol. The molecule has 1 amide bonds. The van der Waals surface area contributed by atoms with Crippen molar-refractivity contribution in [2.24, 2.45) is 0 Å². The molecule has 7 nitrogen and oxygen atoms in total. The van der Waals surface area contributed by atoms with Gasteiger partial charge in [0.15, 0.2) is 5.13 Å². The van der Waals surface area contributed by atoms with Gasteiger partial charge in [0.2, 0.25) is 10.0 Å². The van der Waals surface area contributed by atoms with Crippen LogP contribution in [0.3, 0.4) is 0 Å². The molecule has 3 rings (SSSR count). The van der Waals surface area contributed by atoms with Gasteiger partial charge in [-0.3, -0.25) is 9.69 Å². The van der Waals surface area contributed by atoms with Crippen molar-refractivity contribution < 1.29 is 17.6 Å². The van der Waals surface area contributed by atoms with Crippen molar-refractivity contribution >= 4 is 42.6 Å². The maximum Gasteiger partial charge on any atom is 0.260 e. The summed E-state index contributed by atoms with van der Waals surface area (Å²) in [6.07, 6.45) is 2.37. The van der Waals surface area contributed by atoms with Crippen LogP contribution < -0.4 is 4.90 Å². The predicted molar refractivity (Wildman–Crippen MR) is 136 cm³/mol. The first-order chi connectivity index (χ1) is 16.1. The summed E-state index contributed by atoms with van der Waals surface area (Å²) in [5.41, 5.74) is 0.587. The van der Waals surface area contributed by atoms with Gasteiger partial charge in [0, 0.05) is 25.7 Å². The molecule has 0 unspecified atom stereocenters. The smallest absolute Gasteiger partial charge is 0.260 e. The number of sulfonamides is 1. The minimum Gasteiger partial charge on any atom is -0.309 e. The van der Waals surface area contributed by atoms with Crippen LogP contribution in [0.2, 0.25) is 0 Å². The van der Waals surface area contributed by atoms with Crippen molar-refractivity contribution in [3.05, 3.63) is 53.8 Å². The molecule has 0 aliphatic heterocycles. The van der Waals surface area contributed by atoms with E-state index < -0.39 is 15.8 Å². The Bertz CT molecular complexity index is 1230. The summed E-state index contributed by atoms with van der Waals surface area (Å²) in [5.74, 6) is -0.732. The maximum absolute atomic E-state index is 14.2. The highest BCUT2D eigenvalue weighted by Gasteiger charge is 2.24. The van der Waals surface area contributed by atoms with Crippen LogP contribution >= 0.6 is 11.3 Å². The monoisotopic (exact) mass is 506 g/mol. The number of carbonyl (C=O) groups is 1. The number of rotatable bonds is 11. The first kappa shape index (κ1) is 26.2. The molecular formula is C24H31FN4O3S2. The lowest BCUT2D eigenvalue weighted by atomic mass is 10.2. The Morgan fingerprint density at radius 3 is 2.32 bits per heavy atom. The fourth-order valence-electron chi connectivity index (χ4n) is 3.45. The molecule has 34 heavy (non-hydrogen) atoms. The number of hydrogen-bond acceptors (Lipinski definition) is 6. The van der Waals surface area contributed by atoms with Gasteiger partial charge in [0.05, 0.1) is 9.60 Å². The molecule has 0 saturated carbocycles. The summed E-state index contributed by atoms with van der Waals surface area (Å²) >= 11 is 1.26. The van der Waals surface area contributed by atoms with E-state index in [2.05, 4.69) is 4.98 Å². The molecule has 0 radical (unpaired) electrons. The number of aromatic nitrogens is 1. The summed E-state index contributed by atoms with van der Waals surface area (Å²) in [5, 5.41) is 0.417. The normalized spacial score (nSPS) is 12.1. The Morgan fingerprint density at radius 2 is 1.71 bits per heavy atom. The van der Waals surface area contributed by atoms with Gasteiger partial charge in [0.25, 0.3) is 5.91 Å². The van der Waals surface area contributed by atoms with Crippen LogP contribution in [0.5, 0.6) is 0 Å². The number of hydrogen-bond donors (Lipinski definition) is 0. The molecule has 0 bridgehead atoms. The molecule has 2 aromatic carbocycles. The largest absolute Gasteiger partial charge is 0.309 e. The van der Waals surface area contributed by atoms with E-state index in [4.69, 9.17) is 0 Å². The van der Waals surface area contributed by atoms with E-state index in [9.17, 15) is 17.6 Å². The second-order valence-corrected chi connectivity index (χ2v) is 11.5. The second-order valence-electron chi connectivity index (χ2n) is 8.40. The second kappa shape index (κ2) is 11.4. The molecular weight excluding hydrogens is 475 g/mol. The first-order valence-electron chi connectivity index (χ1n) is 11.2. The van der Waals surface area contributed by atoms with Crippen molar-refractivity contribution in [2.75, 3.05) is 45.7 Å². The molecule has 0 saturated heterocycles.